The maximum absolute atomic E-state index is 12.8. The Morgan fingerprint density at radius 1 is 1.30 bits per heavy atom. The predicted octanol–water partition coefficient (Wildman–Crippen LogP) is 2.19. The van der Waals surface area contributed by atoms with Gasteiger partial charge in [-0.3, -0.25) is 9.10 Å². The maximum Gasteiger partial charge on any atom is 0.263 e. The van der Waals surface area contributed by atoms with Crippen molar-refractivity contribution in [3.8, 4) is 0 Å². The molecule has 122 valence electrons. The lowest BCUT2D eigenvalue weighted by atomic mass is 10.1. The van der Waals surface area contributed by atoms with Crippen LogP contribution in [0.15, 0.2) is 53.1 Å². The third kappa shape index (κ3) is 2.96. The van der Waals surface area contributed by atoms with E-state index in [-0.39, 0.29) is 16.8 Å². The Bertz CT molecular complexity index is 777. The van der Waals surface area contributed by atoms with Gasteiger partial charge in [-0.05, 0) is 37.6 Å². The predicted molar refractivity (Wildman–Crippen MR) is 86.3 cm³/mol. The number of ether oxygens (including phenoxy) is 1. The fourth-order valence-electron chi connectivity index (χ4n) is 2.78. The lowest BCUT2D eigenvalue weighted by Crippen LogP contribution is -2.29. The molecule has 1 fully saturated rings. The molecule has 0 aromatic heterocycles. The van der Waals surface area contributed by atoms with Crippen molar-refractivity contribution in [2.24, 2.45) is 0 Å². The van der Waals surface area contributed by atoms with Crippen LogP contribution < -0.4 is 0 Å². The number of sulfonamides is 1. The van der Waals surface area contributed by atoms with Crippen LogP contribution in [0.2, 0.25) is 0 Å². The highest BCUT2D eigenvalue weighted by Gasteiger charge is 2.37. The summed E-state index contributed by atoms with van der Waals surface area (Å²) in [7, 11) is -3.63. The first-order valence-corrected chi connectivity index (χ1v) is 9.02. The fraction of sp³-hybridized carbons (Fsp3) is 0.353. The Hall–Kier alpha value is -1.92. The number of hydrogen-bond donors (Lipinski definition) is 0. The van der Waals surface area contributed by atoms with Crippen LogP contribution in [0.5, 0.6) is 0 Å². The van der Waals surface area contributed by atoms with Crippen LogP contribution in [-0.4, -0.2) is 37.3 Å². The van der Waals surface area contributed by atoms with Crippen molar-refractivity contribution >= 4 is 15.8 Å². The van der Waals surface area contributed by atoms with Crippen molar-refractivity contribution in [1.29, 1.82) is 0 Å². The molecule has 1 aromatic carbocycles. The molecule has 0 amide bonds. The lowest BCUT2D eigenvalue weighted by Gasteiger charge is -2.21. The fourth-order valence-corrected chi connectivity index (χ4v) is 4.15. The molecule has 23 heavy (non-hydrogen) atoms. The largest absolute Gasteiger partial charge is 0.358 e. The van der Waals surface area contributed by atoms with Gasteiger partial charge >= 0.3 is 0 Å². The third-order valence-electron chi connectivity index (χ3n) is 4.07. The van der Waals surface area contributed by atoms with Crippen molar-refractivity contribution in [2.45, 2.75) is 37.4 Å². The number of carbonyl (C=O) groups is 1. The minimum atomic E-state index is -3.63. The first kappa shape index (κ1) is 16.0. The first-order valence-electron chi connectivity index (χ1n) is 7.58. The number of rotatable bonds is 4. The smallest absolute Gasteiger partial charge is 0.263 e. The Morgan fingerprint density at radius 3 is 2.65 bits per heavy atom. The second kappa shape index (κ2) is 5.94. The van der Waals surface area contributed by atoms with E-state index in [1.807, 2.05) is 6.92 Å². The molecule has 5 nitrogen and oxygen atoms in total. The van der Waals surface area contributed by atoms with E-state index in [2.05, 4.69) is 0 Å². The molecule has 2 atom stereocenters. The molecule has 2 aliphatic rings. The van der Waals surface area contributed by atoms with Crippen LogP contribution in [0.4, 0.5) is 0 Å². The molecule has 2 aliphatic heterocycles. The van der Waals surface area contributed by atoms with Crippen LogP contribution in [-0.2, 0) is 19.6 Å². The molecule has 0 saturated carbocycles. The molecule has 6 heteroatoms. The van der Waals surface area contributed by atoms with Gasteiger partial charge in [-0.25, -0.2) is 8.42 Å². The summed E-state index contributed by atoms with van der Waals surface area (Å²) >= 11 is 0. The monoisotopic (exact) mass is 333 g/mol. The molecule has 1 aromatic rings. The van der Waals surface area contributed by atoms with Crippen LogP contribution in [0, 0.1) is 6.92 Å². The molecular weight excluding hydrogens is 314 g/mol. The molecule has 3 rings (SSSR count). The topological polar surface area (TPSA) is 63.7 Å². The zero-order chi connectivity index (χ0) is 16.6. The van der Waals surface area contributed by atoms with Gasteiger partial charge in [0, 0.05) is 19.2 Å². The molecule has 0 aliphatic carbocycles. The quantitative estimate of drug-likeness (QED) is 0.847. The van der Waals surface area contributed by atoms with Crippen molar-refractivity contribution in [2.75, 3.05) is 6.54 Å². The van der Waals surface area contributed by atoms with E-state index >= 15 is 0 Å². The van der Waals surface area contributed by atoms with Gasteiger partial charge in [0.25, 0.3) is 10.0 Å². The number of hydrogen-bond acceptors (Lipinski definition) is 4. The lowest BCUT2D eigenvalue weighted by molar-refractivity contribution is -0.124. The van der Waals surface area contributed by atoms with Gasteiger partial charge in [0.1, 0.15) is 6.10 Å². The number of fused-ring (bicyclic) bond motifs is 2. The van der Waals surface area contributed by atoms with E-state index in [1.165, 1.54) is 10.4 Å². The van der Waals surface area contributed by atoms with Gasteiger partial charge in [-0.15, -0.1) is 0 Å². The van der Waals surface area contributed by atoms with Crippen LogP contribution in [0.25, 0.3) is 0 Å². The SMILES string of the molecule is CCN(/C=C1\CC2C=CC(=O)C1O2)S(=O)(=O)c1ccc(C)cc1. The summed E-state index contributed by atoms with van der Waals surface area (Å²) in [5.74, 6) is -0.131. The molecule has 2 unspecified atom stereocenters. The summed E-state index contributed by atoms with van der Waals surface area (Å²) in [6.45, 7) is 3.97. The number of ketones is 1. The minimum absolute atomic E-state index is 0.131. The summed E-state index contributed by atoms with van der Waals surface area (Å²) < 4.78 is 32.4. The first-order chi connectivity index (χ1) is 10.9. The van der Waals surface area contributed by atoms with Crippen molar-refractivity contribution < 1.29 is 17.9 Å². The zero-order valence-corrected chi connectivity index (χ0v) is 13.9. The van der Waals surface area contributed by atoms with Gasteiger partial charge in [0.2, 0.25) is 0 Å². The number of aryl methyl sites for hydroxylation is 1. The Morgan fingerprint density at radius 2 is 2.00 bits per heavy atom. The normalized spacial score (nSPS) is 25.1. The van der Waals surface area contributed by atoms with Gasteiger partial charge in [0.05, 0.1) is 11.0 Å². The van der Waals surface area contributed by atoms with E-state index in [4.69, 9.17) is 4.74 Å². The summed E-state index contributed by atoms with van der Waals surface area (Å²) in [5, 5.41) is 0. The highest BCUT2D eigenvalue weighted by Crippen LogP contribution is 2.32. The standard InChI is InChI=1S/C17H19NO4S/c1-3-18(23(20,21)15-7-4-12(2)5-8-15)11-13-10-14-6-9-16(19)17(13)22-14/h4-9,11,14,17H,3,10H2,1-2H3/b13-11+. The van der Waals surface area contributed by atoms with Crippen LogP contribution >= 0.6 is 0 Å². The highest BCUT2D eigenvalue weighted by atomic mass is 32.2. The molecular formula is C17H19NO4S. The average Bonchev–Trinajstić information content (AvgIpc) is 2.87. The molecule has 2 bridgehead atoms. The Balaban J connectivity index is 1.92. The van der Waals surface area contributed by atoms with Gasteiger partial charge in [0.15, 0.2) is 5.78 Å². The van der Waals surface area contributed by atoms with Gasteiger partial charge in [-0.1, -0.05) is 23.8 Å². The van der Waals surface area contributed by atoms with Crippen molar-refractivity contribution in [3.63, 3.8) is 0 Å². The van der Waals surface area contributed by atoms with Gasteiger partial charge in [-0.2, -0.15) is 0 Å². The van der Waals surface area contributed by atoms with Crippen LogP contribution in [0.1, 0.15) is 18.9 Å². The Kier molecular flexibility index (Phi) is 4.12. The summed E-state index contributed by atoms with van der Waals surface area (Å²) in [6.07, 6.45) is 4.57. The van der Waals surface area contributed by atoms with E-state index < -0.39 is 16.1 Å². The van der Waals surface area contributed by atoms with Crippen molar-refractivity contribution in [3.05, 3.63) is 53.8 Å². The average molecular weight is 333 g/mol. The number of nitrogens with zero attached hydrogens (tertiary/aromatic N) is 1. The second-order valence-corrected chi connectivity index (χ2v) is 7.64. The third-order valence-corrected chi connectivity index (χ3v) is 5.92. The summed E-state index contributed by atoms with van der Waals surface area (Å²) in [6, 6.07) is 6.74. The van der Waals surface area contributed by atoms with E-state index in [0.717, 1.165) is 5.56 Å². The van der Waals surface area contributed by atoms with Gasteiger partial charge < -0.3 is 4.74 Å². The number of benzene rings is 1. The number of carbonyl (C=O) groups excluding carboxylic acids is 1. The zero-order valence-electron chi connectivity index (χ0n) is 13.1. The maximum atomic E-state index is 12.8. The Labute approximate surface area is 136 Å². The summed E-state index contributed by atoms with van der Waals surface area (Å²) in [5.41, 5.74) is 1.71. The molecule has 0 radical (unpaired) electrons. The molecule has 0 spiro atoms. The molecule has 1 saturated heterocycles. The van der Waals surface area contributed by atoms with Crippen LogP contribution in [0.3, 0.4) is 0 Å². The van der Waals surface area contributed by atoms with E-state index in [1.54, 1.807) is 43.5 Å². The highest BCUT2D eigenvalue weighted by molar-refractivity contribution is 7.89. The minimum Gasteiger partial charge on any atom is -0.358 e. The van der Waals surface area contributed by atoms with Crippen molar-refractivity contribution in [1.82, 2.24) is 4.31 Å². The van der Waals surface area contributed by atoms with E-state index in [0.29, 0.717) is 18.5 Å². The molecule has 2 heterocycles. The second-order valence-electron chi connectivity index (χ2n) is 5.75. The van der Waals surface area contributed by atoms with E-state index in [9.17, 15) is 13.2 Å². The summed E-state index contributed by atoms with van der Waals surface area (Å²) in [4.78, 5) is 12.1. The molecule has 0 N–H and O–H groups in total.